The molecule has 0 spiro atoms. The quantitative estimate of drug-likeness (QED) is 0.458. The molecule has 1 aromatic rings. The molecule has 0 heterocycles. The van der Waals surface area contributed by atoms with Crippen LogP contribution < -0.4 is 0 Å². The van der Waals surface area contributed by atoms with Crippen LogP contribution in [0.3, 0.4) is 0 Å². The Hall–Kier alpha value is -1.02. The topological polar surface area (TPSA) is 12.4 Å². The van der Waals surface area contributed by atoms with Gasteiger partial charge in [-0.05, 0) is 35.3 Å². The molecular weight excluding hydrogens is 274 g/mol. The second kappa shape index (κ2) is 9.09. The number of benzene rings is 1. The summed E-state index contributed by atoms with van der Waals surface area (Å²) >= 11 is 5.51. The summed E-state index contributed by atoms with van der Waals surface area (Å²) in [6, 6.07) is 8.59. The highest BCUT2D eigenvalue weighted by molar-refractivity contribution is 7.80. The number of aliphatic imine (C=N–C) groups is 1. The van der Waals surface area contributed by atoms with E-state index in [2.05, 4.69) is 70.1 Å². The van der Waals surface area contributed by atoms with Gasteiger partial charge in [0, 0.05) is 17.5 Å². The molecule has 0 aromatic heterocycles. The number of rotatable bonds is 8. The highest BCUT2D eigenvalue weighted by Gasteiger charge is 2.07. The maximum Gasteiger partial charge on any atom is 0.0702 e. The van der Waals surface area contributed by atoms with E-state index in [1.165, 1.54) is 17.5 Å². The van der Waals surface area contributed by atoms with Crippen molar-refractivity contribution >= 4 is 23.3 Å². The van der Waals surface area contributed by atoms with Gasteiger partial charge in [0.2, 0.25) is 0 Å². The number of thiocarbonyl (C=S) groups is 1. The van der Waals surface area contributed by atoms with Crippen molar-refractivity contribution in [3.63, 3.8) is 0 Å². The molecule has 1 nitrogen and oxygen atoms in total. The van der Waals surface area contributed by atoms with Gasteiger partial charge in [-0.1, -0.05) is 71.1 Å². The van der Waals surface area contributed by atoms with Crippen molar-refractivity contribution < 1.29 is 0 Å². The van der Waals surface area contributed by atoms with Crippen LogP contribution in [0.1, 0.15) is 58.1 Å². The van der Waals surface area contributed by atoms with Gasteiger partial charge < -0.3 is 0 Å². The van der Waals surface area contributed by atoms with E-state index in [0.717, 1.165) is 17.2 Å². The Morgan fingerprint density at radius 1 is 1.14 bits per heavy atom. The molecule has 0 saturated carbocycles. The summed E-state index contributed by atoms with van der Waals surface area (Å²) in [5, 5.41) is 0. The minimum absolute atomic E-state index is 0.538. The van der Waals surface area contributed by atoms with Crippen LogP contribution >= 0.6 is 12.2 Å². The van der Waals surface area contributed by atoms with E-state index in [1.807, 2.05) is 0 Å². The lowest BCUT2D eigenvalue weighted by molar-refractivity contribution is 0.526. The second-order valence-corrected chi connectivity index (χ2v) is 7.24. The van der Waals surface area contributed by atoms with Crippen molar-refractivity contribution in [1.82, 2.24) is 0 Å². The van der Waals surface area contributed by atoms with Crippen LogP contribution in [0, 0.1) is 11.8 Å². The minimum atomic E-state index is 0.538. The van der Waals surface area contributed by atoms with Crippen LogP contribution in [0.5, 0.6) is 0 Å². The average molecular weight is 304 g/mol. The SMILES string of the molecule is CC(C)CC(C)C=NCC(=S)Cc1ccccc1C(C)C. The fraction of sp³-hybridized carbons (Fsp3) is 0.579. The van der Waals surface area contributed by atoms with Gasteiger partial charge in [0.15, 0.2) is 0 Å². The molecule has 21 heavy (non-hydrogen) atoms. The molecule has 0 aliphatic carbocycles. The van der Waals surface area contributed by atoms with Gasteiger partial charge in [0.25, 0.3) is 0 Å². The Morgan fingerprint density at radius 3 is 2.43 bits per heavy atom. The van der Waals surface area contributed by atoms with E-state index in [0.29, 0.717) is 18.4 Å². The van der Waals surface area contributed by atoms with Crippen molar-refractivity contribution in [2.45, 2.75) is 53.4 Å². The maximum absolute atomic E-state index is 5.51. The largest absolute Gasteiger partial charge is 0.292 e. The molecule has 0 N–H and O–H groups in total. The maximum atomic E-state index is 5.51. The number of hydrogen-bond donors (Lipinski definition) is 0. The van der Waals surface area contributed by atoms with Crippen LogP contribution in [-0.2, 0) is 6.42 Å². The van der Waals surface area contributed by atoms with Crippen molar-refractivity contribution in [2.24, 2.45) is 16.8 Å². The first-order valence-electron chi connectivity index (χ1n) is 7.99. The summed E-state index contributed by atoms with van der Waals surface area (Å²) in [5.74, 6) is 1.80. The summed E-state index contributed by atoms with van der Waals surface area (Å²) < 4.78 is 0. The Bertz CT molecular complexity index is 474. The molecule has 0 fully saturated rings. The minimum Gasteiger partial charge on any atom is -0.292 e. The summed E-state index contributed by atoms with van der Waals surface area (Å²) in [4.78, 5) is 5.55. The Kier molecular flexibility index (Phi) is 7.81. The number of hydrogen-bond acceptors (Lipinski definition) is 2. The fourth-order valence-corrected chi connectivity index (χ4v) is 2.90. The Morgan fingerprint density at radius 2 is 1.81 bits per heavy atom. The lowest BCUT2D eigenvalue weighted by Crippen LogP contribution is -2.08. The lowest BCUT2D eigenvalue weighted by atomic mass is 9.94. The van der Waals surface area contributed by atoms with E-state index >= 15 is 0 Å². The van der Waals surface area contributed by atoms with E-state index in [-0.39, 0.29) is 0 Å². The fourth-order valence-electron chi connectivity index (χ4n) is 2.67. The van der Waals surface area contributed by atoms with E-state index in [9.17, 15) is 0 Å². The molecule has 1 aromatic carbocycles. The third-order valence-electron chi connectivity index (χ3n) is 3.54. The summed E-state index contributed by atoms with van der Waals surface area (Å²) in [5.41, 5.74) is 2.75. The van der Waals surface area contributed by atoms with Crippen LogP contribution in [0.15, 0.2) is 29.3 Å². The summed E-state index contributed by atoms with van der Waals surface area (Å²) in [7, 11) is 0. The van der Waals surface area contributed by atoms with Gasteiger partial charge in [0.1, 0.15) is 0 Å². The lowest BCUT2D eigenvalue weighted by Gasteiger charge is -2.12. The van der Waals surface area contributed by atoms with Crippen molar-refractivity contribution in [1.29, 1.82) is 0 Å². The van der Waals surface area contributed by atoms with Crippen LogP contribution in [0.2, 0.25) is 0 Å². The van der Waals surface area contributed by atoms with Crippen molar-refractivity contribution in [3.8, 4) is 0 Å². The zero-order valence-corrected chi connectivity index (χ0v) is 14.9. The molecule has 0 amide bonds. The standard InChI is InChI=1S/C19H29NS/c1-14(2)10-16(5)12-20-13-18(21)11-17-8-6-7-9-19(17)15(3)4/h6-9,12,14-16H,10-11,13H2,1-5H3. The van der Waals surface area contributed by atoms with Gasteiger partial charge in [-0.3, -0.25) is 4.99 Å². The van der Waals surface area contributed by atoms with Crippen LogP contribution in [0.25, 0.3) is 0 Å². The molecule has 0 radical (unpaired) electrons. The molecule has 0 bridgehead atoms. The normalized spacial score (nSPS) is 13.3. The molecule has 0 aliphatic heterocycles. The first-order valence-corrected chi connectivity index (χ1v) is 8.40. The molecule has 1 atom stereocenters. The first-order chi connectivity index (χ1) is 9.90. The van der Waals surface area contributed by atoms with Crippen LogP contribution in [0.4, 0.5) is 0 Å². The smallest absolute Gasteiger partial charge is 0.0702 e. The molecule has 1 rings (SSSR count). The Balaban J connectivity index is 2.53. The van der Waals surface area contributed by atoms with Gasteiger partial charge in [-0.2, -0.15) is 0 Å². The Labute approximate surface area is 135 Å². The van der Waals surface area contributed by atoms with Crippen molar-refractivity contribution in [3.05, 3.63) is 35.4 Å². The van der Waals surface area contributed by atoms with Crippen LogP contribution in [-0.4, -0.2) is 17.6 Å². The van der Waals surface area contributed by atoms with Gasteiger partial charge >= 0.3 is 0 Å². The molecule has 2 heteroatoms. The van der Waals surface area contributed by atoms with E-state index in [4.69, 9.17) is 12.2 Å². The zero-order valence-electron chi connectivity index (χ0n) is 14.1. The predicted molar refractivity (Wildman–Crippen MR) is 98.8 cm³/mol. The molecule has 0 saturated heterocycles. The highest BCUT2D eigenvalue weighted by atomic mass is 32.1. The second-order valence-electron chi connectivity index (χ2n) is 6.67. The zero-order chi connectivity index (χ0) is 15.8. The third-order valence-corrected chi connectivity index (χ3v) is 3.81. The van der Waals surface area contributed by atoms with Gasteiger partial charge in [0.05, 0.1) is 6.54 Å². The first kappa shape index (κ1) is 18.0. The monoisotopic (exact) mass is 303 g/mol. The molecule has 116 valence electrons. The predicted octanol–water partition coefficient (Wildman–Crippen LogP) is 5.48. The van der Waals surface area contributed by atoms with E-state index < -0.39 is 0 Å². The van der Waals surface area contributed by atoms with Gasteiger partial charge in [-0.25, -0.2) is 0 Å². The summed E-state index contributed by atoms with van der Waals surface area (Å²) in [6.07, 6.45) is 4.12. The molecule has 1 unspecified atom stereocenters. The summed E-state index contributed by atoms with van der Waals surface area (Å²) in [6.45, 7) is 11.8. The molecule has 0 aliphatic rings. The van der Waals surface area contributed by atoms with Gasteiger partial charge in [-0.15, -0.1) is 0 Å². The van der Waals surface area contributed by atoms with Crippen molar-refractivity contribution in [2.75, 3.05) is 6.54 Å². The molecular formula is C19H29NS. The van der Waals surface area contributed by atoms with E-state index in [1.54, 1.807) is 0 Å². The number of nitrogens with zero attached hydrogens (tertiary/aromatic N) is 1. The third kappa shape index (κ3) is 6.99. The average Bonchev–Trinajstić information content (AvgIpc) is 2.38. The highest BCUT2D eigenvalue weighted by Crippen LogP contribution is 2.20.